The van der Waals surface area contributed by atoms with Gasteiger partial charge in [0.1, 0.15) is 17.6 Å². The maximum absolute atomic E-state index is 12.5. The quantitative estimate of drug-likeness (QED) is 0.756. The molecule has 1 N–H and O–H groups in total. The Labute approximate surface area is 158 Å². The normalized spacial score (nSPS) is 16.9. The second kappa shape index (κ2) is 8.10. The second-order valence-electron chi connectivity index (χ2n) is 6.51. The molecular weight excluding hydrogens is 340 g/mol. The Morgan fingerprint density at radius 3 is 2.52 bits per heavy atom. The van der Waals surface area contributed by atoms with Gasteiger partial charge in [-0.3, -0.25) is 0 Å². The van der Waals surface area contributed by atoms with E-state index in [1.54, 1.807) is 4.90 Å². The van der Waals surface area contributed by atoms with Gasteiger partial charge in [-0.05, 0) is 17.7 Å². The Bertz CT molecular complexity index is 877. The molecule has 1 aromatic heterocycles. The van der Waals surface area contributed by atoms with Crippen molar-refractivity contribution in [2.45, 2.75) is 12.6 Å². The third-order valence-corrected chi connectivity index (χ3v) is 4.66. The number of benzene rings is 2. The van der Waals surface area contributed by atoms with E-state index in [1.165, 1.54) is 0 Å². The molecule has 2 amide bonds. The molecule has 2 aromatic carbocycles. The zero-order valence-electron chi connectivity index (χ0n) is 15.0. The van der Waals surface area contributed by atoms with E-state index in [4.69, 9.17) is 9.15 Å². The van der Waals surface area contributed by atoms with Gasteiger partial charge in [0.25, 0.3) is 0 Å². The van der Waals surface area contributed by atoms with Crippen LogP contribution in [0, 0.1) is 0 Å². The lowest BCUT2D eigenvalue weighted by Crippen LogP contribution is -2.46. The first-order valence-electron chi connectivity index (χ1n) is 9.13. The molecule has 1 fully saturated rings. The third kappa shape index (κ3) is 4.20. The molecule has 1 aliphatic heterocycles. The molecule has 5 nitrogen and oxygen atoms in total. The molecule has 138 valence electrons. The minimum Gasteiger partial charge on any atom is -0.459 e. The highest BCUT2D eigenvalue weighted by atomic mass is 16.5. The van der Waals surface area contributed by atoms with Crippen molar-refractivity contribution in [3.05, 3.63) is 84.1 Å². The number of furan rings is 1. The fraction of sp³-hybridized carbons (Fsp3) is 0.227. The number of hydrogen-bond donors (Lipinski definition) is 1. The van der Waals surface area contributed by atoms with Gasteiger partial charge in [0.05, 0.1) is 19.7 Å². The lowest BCUT2D eigenvalue weighted by molar-refractivity contribution is -0.0155. The Kier molecular flexibility index (Phi) is 5.21. The summed E-state index contributed by atoms with van der Waals surface area (Å²) in [6.45, 7) is 2.02. The van der Waals surface area contributed by atoms with Gasteiger partial charge < -0.3 is 19.4 Å². The van der Waals surface area contributed by atoms with Gasteiger partial charge in [0, 0.05) is 12.1 Å². The number of morpholine rings is 1. The number of carbonyl (C=O) groups is 1. The van der Waals surface area contributed by atoms with Crippen LogP contribution in [0.15, 0.2) is 77.2 Å². The number of nitrogens with zero attached hydrogens (tertiary/aromatic N) is 1. The molecule has 0 spiro atoms. The van der Waals surface area contributed by atoms with E-state index in [0.29, 0.717) is 26.2 Å². The molecule has 3 aromatic rings. The predicted octanol–water partition coefficient (Wildman–Crippen LogP) is 4.23. The van der Waals surface area contributed by atoms with Crippen molar-refractivity contribution in [2.24, 2.45) is 0 Å². The highest BCUT2D eigenvalue weighted by Gasteiger charge is 2.25. The maximum Gasteiger partial charge on any atom is 0.317 e. The van der Waals surface area contributed by atoms with E-state index in [1.807, 2.05) is 72.8 Å². The predicted molar refractivity (Wildman–Crippen MR) is 103 cm³/mol. The summed E-state index contributed by atoms with van der Waals surface area (Å²) in [6, 6.07) is 23.6. The van der Waals surface area contributed by atoms with Crippen molar-refractivity contribution in [2.75, 3.05) is 19.7 Å². The smallest absolute Gasteiger partial charge is 0.317 e. The first-order valence-corrected chi connectivity index (χ1v) is 9.13. The zero-order valence-corrected chi connectivity index (χ0v) is 15.0. The van der Waals surface area contributed by atoms with Crippen molar-refractivity contribution in [1.82, 2.24) is 10.2 Å². The summed E-state index contributed by atoms with van der Waals surface area (Å²) in [7, 11) is 0. The molecule has 0 saturated carbocycles. The molecule has 2 heterocycles. The van der Waals surface area contributed by atoms with Crippen LogP contribution in [0.2, 0.25) is 0 Å². The largest absolute Gasteiger partial charge is 0.459 e. The van der Waals surface area contributed by atoms with E-state index in [9.17, 15) is 4.79 Å². The molecular formula is C22H22N2O3. The highest BCUT2D eigenvalue weighted by Crippen LogP contribution is 2.23. The lowest BCUT2D eigenvalue weighted by Gasteiger charge is -2.33. The van der Waals surface area contributed by atoms with E-state index in [0.717, 1.165) is 22.6 Å². The van der Waals surface area contributed by atoms with Gasteiger partial charge in [0.15, 0.2) is 0 Å². The van der Waals surface area contributed by atoms with Crippen molar-refractivity contribution >= 4 is 6.03 Å². The molecule has 1 saturated heterocycles. The molecule has 5 heteroatoms. The highest BCUT2D eigenvalue weighted by molar-refractivity contribution is 5.74. The average Bonchev–Trinajstić information content (AvgIpc) is 3.22. The Balaban J connectivity index is 1.33. The van der Waals surface area contributed by atoms with Crippen molar-refractivity contribution in [1.29, 1.82) is 0 Å². The van der Waals surface area contributed by atoms with Crippen LogP contribution >= 0.6 is 0 Å². The number of carbonyl (C=O) groups excluding carboxylic acids is 1. The van der Waals surface area contributed by atoms with E-state index >= 15 is 0 Å². The summed E-state index contributed by atoms with van der Waals surface area (Å²) >= 11 is 0. The zero-order chi connectivity index (χ0) is 18.5. The van der Waals surface area contributed by atoms with E-state index in [2.05, 4.69) is 5.32 Å². The number of nitrogens with one attached hydrogen (secondary N) is 1. The van der Waals surface area contributed by atoms with Crippen LogP contribution in [0.5, 0.6) is 0 Å². The fourth-order valence-electron chi connectivity index (χ4n) is 3.21. The molecule has 1 atom stereocenters. The Morgan fingerprint density at radius 1 is 1.00 bits per heavy atom. The van der Waals surface area contributed by atoms with Crippen LogP contribution < -0.4 is 5.32 Å². The minimum absolute atomic E-state index is 0.0843. The third-order valence-electron chi connectivity index (χ3n) is 4.66. The van der Waals surface area contributed by atoms with Gasteiger partial charge in [-0.15, -0.1) is 0 Å². The number of hydrogen-bond acceptors (Lipinski definition) is 3. The SMILES string of the molecule is O=C(NCc1ccc(-c2ccccc2)o1)N1CCOC(c2ccccc2)C1. The van der Waals surface area contributed by atoms with Crippen LogP contribution in [0.3, 0.4) is 0 Å². The van der Waals surface area contributed by atoms with Crippen LogP contribution in [0.25, 0.3) is 11.3 Å². The summed E-state index contributed by atoms with van der Waals surface area (Å²) in [5.74, 6) is 1.53. The summed E-state index contributed by atoms with van der Waals surface area (Å²) in [5, 5.41) is 2.94. The number of urea groups is 1. The number of rotatable bonds is 4. The molecule has 0 aliphatic carbocycles. The number of ether oxygens (including phenoxy) is 1. The summed E-state index contributed by atoms with van der Waals surface area (Å²) in [6.07, 6.45) is -0.0843. The summed E-state index contributed by atoms with van der Waals surface area (Å²) < 4.78 is 11.7. The van der Waals surface area contributed by atoms with Crippen molar-refractivity contribution in [3.8, 4) is 11.3 Å². The van der Waals surface area contributed by atoms with Crippen molar-refractivity contribution < 1.29 is 13.9 Å². The Morgan fingerprint density at radius 2 is 1.74 bits per heavy atom. The lowest BCUT2D eigenvalue weighted by atomic mass is 10.1. The fourth-order valence-corrected chi connectivity index (χ4v) is 3.21. The average molecular weight is 362 g/mol. The van der Waals surface area contributed by atoms with Gasteiger partial charge in [-0.2, -0.15) is 0 Å². The van der Waals surface area contributed by atoms with E-state index < -0.39 is 0 Å². The van der Waals surface area contributed by atoms with E-state index in [-0.39, 0.29) is 12.1 Å². The van der Waals surface area contributed by atoms with Gasteiger partial charge in [0.2, 0.25) is 0 Å². The standard InChI is InChI=1S/C22H22N2O3/c25-22(24-13-14-26-21(16-24)18-9-5-2-6-10-18)23-15-19-11-12-20(27-19)17-7-3-1-4-8-17/h1-12,21H,13-16H2,(H,23,25). The van der Waals surface area contributed by atoms with Gasteiger partial charge >= 0.3 is 6.03 Å². The maximum atomic E-state index is 12.5. The molecule has 4 rings (SSSR count). The monoisotopic (exact) mass is 362 g/mol. The minimum atomic E-state index is -0.100. The van der Waals surface area contributed by atoms with Crippen LogP contribution in [-0.2, 0) is 11.3 Å². The Hall–Kier alpha value is -3.05. The van der Waals surface area contributed by atoms with Gasteiger partial charge in [-0.25, -0.2) is 4.79 Å². The van der Waals surface area contributed by atoms with Crippen LogP contribution in [-0.4, -0.2) is 30.6 Å². The summed E-state index contributed by atoms with van der Waals surface area (Å²) in [5.41, 5.74) is 2.11. The first-order chi connectivity index (χ1) is 13.3. The number of amides is 2. The van der Waals surface area contributed by atoms with Crippen LogP contribution in [0.1, 0.15) is 17.4 Å². The molecule has 0 bridgehead atoms. The molecule has 1 aliphatic rings. The molecule has 1 unspecified atom stereocenters. The topological polar surface area (TPSA) is 54.7 Å². The van der Waals surface area contributed by atoms with Gasteiger partial charge in [-0.1, -0.05) is 60.7 Å². The van der Waals surface area contributed by atoms with Crippen LogP contribution in [0.4, 0.5) is 4.79 Å². The molecule has 27 heavy (non-hydrogen) atoms. The summed E-state index contributed by atoms with van der Waals surface area (Å²) in [4.78, 5) is 14.3. The molecule has 0 radical (unpaired) electrons. The first kappa shape index (κ1) is 17.4. The second-order valence-corrected chi connectivity index (χ2v) is 6.51. The van der Waals surface area contributed by atoms with Crippen molar-refractivity contribution in [3.63, 3.8) is 0 Å².